The molecule has 1 saturated heterocycles. The van der Waals surface area contributed by atoms with Crippen molar-refractivity contribution < 1.29 is 4.79 Å². The molecule has 0 aliphatic carbocycles. The monoisotopic (exact) mass is 248 g/mol. The number of hydrogen-bond donors (Lipinski definition) is 1. The van der Waals surface area contributed by atoms with E-state index in [1.807, 2.05) is 25.1 Å². The van der Waals surface area contributed by atoms with E-state index in [9.17, 15) is 4.79 Å². The molecule has 1 aliphatic heterocycles. The highest BCUT2D eigenvalue weighted by molar-refractivity contribution is 7.80. The summed E-state index contributed by atoms with van der Waals surface area (Å²) < 4.78 is 0. The number of nitrogens with zero attached hydrogens (tertiary/aromatic N) is 1. The molecule has 1 heterocycles. The van der Waals surface area contributed by atoms with Crippen LogP contribution < -0.4 is 5.32 Å². The van der Waals surface area contributed by atoms with Crippen LogP contribution in [0.15, 0.2) is 30.3 Å². The zero-order chi connectivity index (χ0) is 12.4. The van der Waals surface area contributed by atoms with Gasteiger partial charge in [0.15, 0.2) is 5.11 Å². The van der Waals surface area contributed by atoms with Gasteiger partial charge in [0.1, 0.15) is 6.04 Å². The number of carbonyl (C=O) groups is 1. The number of thiocarbonyl (C=S) groups is 1. The summed E-state index contributed by atoms with van der Waals surface area (Å²) in [5.41, 5.74) is 1.22. The lowest BCUT2D eigenvalue weighted by atomic mass is 10.0. The first-order valence-corrected chi connectivity index (χ1v) is 6.17. The Morgan fingerprint density at radius 3 is 2.59 bits per heavy atom. The van der Waals surface area contributed by atoms with E-state index in [2.05, 4.69) is 24.4 Å². The Hall–Kier alpha value is -1.42. The number of nitrogens with one attached hydrogen (secondary N) is 1. The van der Waals surface area contributed by atoms with Crippen molar-refractivity contribution in [2.24, 2.45) is 0 Å². The van der Waals surface area contributed by atoms with E-state index in [0.29, 0.717) is 11.7 Å². The van der Waals surface area contributed by atoms with Gasteiger partial charge < -0.3 is 5.32 Å². The molecule has 1 fully saturated rings. The first-order chi connectivity index (χ1) is 8.09. The molecule has 90 valence electrons. The zero-order valence-corrected chi connectivity index (χ0v) is 10.8. The molecule has 2 atom stereocenters. The van der Waals surface area contributed by atoms with Gasteiger partial charge in [0.25, 0.3) is 5.91 Å². The van der Waals surface area contributed by atoms with Crippen molar-refractivity contribution in [3.05, 3.63) is 35.9 Å². The van der Waals surface area contributed by atoms with E-state index in [0.717, 1.165) is 0 Å². The van der Waals surface area contributed by atoms with Gasteiger partial charge in [0.05, 0.1) is 0 Å². The summed E-state index contributed by atoms with van der Waals surface area (Å²) >= 11 is 5.16. The maximum Gasteiger partial charge on any atom is 0.251 e. The number of rotatable bonds is 3. The van der Waals surface area contributed by atoms with Gasteiger partial charge in [0.2, 0.25) is 0 Å². The fourth-order valence-electron chi connectivity index (χ4n) is 1.99. The topological polar surface area (TPSA) is 32.3 Å². The lowest BCUT2D eigenvalue weighted by Gasteiger charge is -2.20. The Balaban J connectivity index is 2.07. The minimum absolute atomic E-state index is 0.0674. The van der Waals surface area contributed by atoms with E-state index in [-0.39, 0.29) is 17.9 Å². The summed E-state index contributed by atoms with van der Waals surface area (Å²) in [6.07, 6.45) is 0. The van der Waals surface area contributed by atoms with Crippen LogP contribution in [0.25, 0.3) is 0 Å². The van der Waals surface area contributed by atoms with Crippen molar-refractivity contribution >= 4 is 23.2 Å². The normalized spacial score (nSPS) is 21.5. The van der Waals surface area contributed by atoms with Crippen LogP contribution >= 0.6 is 12.2 Å². The molecule has 0 spiro atoms. The smallest absolute Gasteiger partial charge is 0.251 e. The van der Waals surface area contributed by atoms with Crippen LogP contribution in [0.5, 0.6) is 0 Å². The molecule has 0 bridgehead atoms. The molecule has 1 N–H and O–H groups in total. The summed E-state index contributed by atoms with van der Waals surface area (Å²) in [5.74, 6) is 0.350. The van der Waals surface area contributed by atoms with Gasteiger partial charge in [0, 0.05) is 6.54 Å². The van der Waals surface area contributed by atoms with Crippen LogP contribution in [0.1, 0.15) is 25.3 Å². The van der Waals surface area contributed by atoms with E-state index in [4.69, 9.17) is 12.2 Å². The summed E-state index contributed by atoms with van der Waals surface area (Å²) in [6, 6.07) is 9.97. The number of amides is 1. The molecule has 0 unspecified atom stereocenters. The molecule has 4 heteroatoms. The SMILES string of the molecule is C[C@@H]1NC(=S)N(C[C@@H](C)c2ccccc2)C1=O. The largest absolute Gasteiger partial charge is 0.351 e. The van der Waals surface area contributed by atoms with Gasteiger partial charge in [-0.3, -0.25) is 9.69 Å². The molecular formula is C13H16N2OS. The minimum atomic E-state index is -0.189. The van der Waals surface area contributed by atoms with Crippen LogP contribution in [0.2, 0.25) is 0 Å². The first kappa shape index (κ1) is 12.0. The highest BCUT2D eigenvalue weighted by Crippen LogP contribution is 2.18. The van der Waals surface area contributed by atoms with Crippen molar-refractivity contribution in [3.63, 3.8) is 0 Å². The molecular weight excluding hydrogens is 232 g/mol. The van der Waals surface area contributed by atoms with Crippen molar-refractivity contribution in [1.82, 2.24) is 10.2 Å². The summed E-state index contributed by atoms with van der Waals surface area (Å²) in [4.78, 5) is 13.5. The van der Waals surface area contributed by atoms with E-state index >= 15 is 0 Å². The van der Waals surface area contributed by atoms with Crippen molar-refractivity contribution in [1.29, 1.82) is 0 Å². The fraction of sp³-hybridized carbons (Fsp3) is 0.385. The Labute approximate surface area is 107 Å². The number of carbonyl (C=O) groups excluding carboxylic acids is 1. The standard InChI is InChI=1S/C13H16N2OS/c1-9(11-6-4-3-5-7-11)8-15-12(16)10(2)14-13(15)17/h3-7,9-10H,8H2,1-2H3,(H,14,17)/t9-,10+/m1/s1. The van der Waals surface area contributed by atoms with Crippen LogP contribution in [-0.4, -0.2) is 28.5 Å². The second-order valence-electron chi connectivity index (χ2n) is 4.43. The Morgan fingerprint density at radius 1 is 1.41 bits per heavy atom. The van der Waals surface area contributed by atoms with Gasteiger partial charge >= 0.3 is 0 Å². The number of benzene rings is 1. The highest BCUT2D eigenvalue weighted by Gasteiger charge is 2.32. The number of hydrogen-bond acceptors (Lipinski definition) is 2. The predicted octanol–water partition coefficient (Wildman–Crippen LogP) is 1.90. The van der Waals surface area contributed by atoms with Gasteiger partial charge in [-0.1, -0.05) is 37.3 Å². The van der Waals surface area contributed by atoms with Crippen LogP contribution in [0.4, 0.5) is 0 Å². The van der Waals surface area contributed by atoms with Gasteiger partial charge in [-0.25, -0.2) is 0 Å². The third-order valence-electron chi connectivity index (χ3n) is 3.05. The Morgan fingerprint density at radius 2 is 2.06 bits per heavy atom. The third-order valence-corrected chi connectivity index (χ3v) is 3.38. The van der Waals surface area contributed by atoms with Crippen molar-refractivity contribution in [3.8, 4) is 0 Å². The van der Waals surface area contributed by atoms with Gasteiger partial charge in [-0.05, 0) is 30.6 Å². The lowest BCUT2D eigenvalue weighted by Crippen LogP contribution is -2.34. The highest BCUT2D eigenvalue weighted by atomic mass is 32.1. The molecule has 0 radical (unpaired) electrons. The van der Waals surface area contributed by atoms with Crippen molar-refractivity contribution in [2.45, 2.75) is 25.8 Å². The summed E-state index contributed by atoms with van der Waals surface area (Å²) in [5, 5.41) is 3.53. The van der Waals surface area contributed by atoms with E-state index in [1.54, 1.807) is 4.90 Å². The van der Waals surface area contributed by atoms with E-state index < -0.39 is 0 Å². The molecule has 0 saturated carbocycles. The Bertz CT molecular complexity index is 432. The minimum Gasteiger partial charge on any atom is -0.351 e. The second kappa shape index (κ2) is 4.84. The average molecular weight is 248 g/mol. The Kier molecular flexibility index (Phi) is 3.43. The average Bonchev–Trinajstić information content (AvgIpc) is 2.57. The maximum absolute atomic E-state index is 11.9. The van der Waals surface area contributed by atoms with Gasteiger partial charge in [-0.2, -0.15) is 0 Å². The molecule has 1 aliphatic rings. The van der Waals surface area contributed by atoms with Crippen molar-refractivity contribution in [2.75, 3.05) is 6.54 Å². The van der Waals surface area contributed by atoms with Crippen LogP contribution in [0, 0.1) is 0 Å². The predicted molar refractivity (Wildman–Crippen MR) is 71.8 cm³/mol. The molecule has 1 aromatic carbocycles. The van der Waals surface area contributed by atoms with Crippen LogP contribution in [-0.2, 0) is 4.79 Å². The molecule has 3 nitrogen and oxygen atoms in total. The van der Waals surface area contributed by atoms with E-state index in [1.165, 1.54) is 5.56 Å². The third kappa shape index (κ3) is 2.47. The molecule has 0 aromatic heterocycles. The second-order valence-corrected chi connectivity index (χ2v) is 4.82. The fourth-order valence-corrected chi connectivity index (χ4v) is 2.33. The lowest BCUT2D eigenvalue weighted by molar-refractivity contribution is -0.126. The quantitative estimate of drug-likeness (QED) is 0.829. The van der Waals surface area contributed by atoms with Gasteiger partial charge in [-0.15, -0.1) is 0 Å². The molecule has 17 heavy (non-hydrogen) atoms. The molecule has 1 amide bonds. The first-order valence-electron chi connectivity index (χ1n) is 5.76. The zero-order valence-electron chi connectivity index (χ0n) is 10.0. The molecule has 2 rings (SSSR count). The summed E-state index contributed by atoms with van der Waals surface area (Å²) in [6.45, 7) is 4.58. The summed E-state index contributed by atoms with van der Waals surface area (Å²) in [7, 11) is 0. The molecule has 1 aromatic rings. The maximum atomic E-state index is 11.9. The van der Waals surface area contributed by atoms with Crippen LogP contribution in [0.3, 0.4) is 0 Å².